The molecule has 1 unspecified atom stereocenters. The highest BCUT2D eigenvalue weighted by molar-refractivity contribution is 6.51. The number of carbonyl (C=O) groups excluding carboxylic acids is 3. The van der Waals surface area contributed by atoms with E-state index in [0.29, 0.717) is 27.7 Å². The lowest BCUT2D eigenvalue weighted by Gasteiger charge is -2.23. The van der Waals surface area contributed by atoms with Crippen LogP contribution in [0.25, 0.3) is 5.76 Å². The number of Topliss-reactive ketones (excluding diaryl/α,β-unsaturated/α-hetero) is 1. The van der Waals surface area contributed by atoms with E-state index in [1.165, 1.54) is 24.2 Å². The number of nitrogens with one attached hydrogen (secondary N) is 1. The third kappa shape index (κ3) is 3.83. The third-order valence-corrected chi connectivity index (χ3v) is 5.06. The van der Waals surface area contributed by atoms with E-state index in [9.17, 15) is 19.5 Å². The molecule has 2 amide bonds. The van der Waals surface area contributed by atoms with Gasteiger partial charge in [-0.15, -0.1) is 0 Å². The quantitative estimate of drug-likeness (QED) is 0.356. The van der Waals surface area contributed by atoms with Crippen LogP contribution in [-0.4, -0.2) is 22.7 Å². The van der Waals surface area contributed by atoms with Gasteiger partial charge in [0.2, 0.25) is 5.91 Å². The zero-order chi connectivity index (χ0) is 22.1. The molecule has 0 radical (unpaired) electrons. The van der Waals surface area contributed by atoms with Crippen molar-refractivity contribution in [2.45, 2.75) is 13.0 Å². The molecule has 1 aliphatic rings. The van der Waals surface area contributed by atoms with Crippen molar-refractivity contribution in [1.82, 2.24) is 0 Å². The van der Waals surface area contributed by atoms with Gasteiger partial charge in [-0.25, -0.2) is 0 Å². The minimum atomic E-state index is -0.972. The maximum Gasteiger partial charge on any atom is 0.300 e. The van der Waals surface area contributed by atoms with E-state index >= 15 is 0 Å². The second-order valence-electron chi connectivity index (χ2n) is 6.92. The van der Waals surface area contributed by atoms with Crippen molar-refractivity contribution in [2.24, 2.45) is 0 Å². The number of hydrogen-bond acceptors (Lipinski definition) is 5. The van der Waals surface area contributed by atoms with Gasteiger partial charge < -0.3 is 14.8 Å². The molecule has 3 aromatic rings. The lowest BCUT2D eigenvalue weighted by molar-refractivity contribution is -0.132. The lowest BCUT2D eigenvalue weighted by Crippen LogP contribution is -2.29. The van der Waals surface area contributed by atoms with Crippen molar-refractivity contribution in [3.63, 3.8) is 0 Å². The molecular formula is C23H17ClN2O5. The number of amides is 2. The summed E-state index contributed by atoms with van der Waals surface area (Å²) in [6.45, 7) is 1.39. The molecule has 2 heterocycles. The first-order valence-electron chi connectivity index (χ1n) is 9.35. The van der Waals surface area contributed by atoms with E-state index in [2.05, 4.69) is 5.32 Å². The maximum atomic E-state index is 13.0. The van der Waals surface area contributed by atoms with E-state index in [0.717, 1.165) is 0 Å². The summed E-state index contributed by atoms with van der Waals surface area (Å²) in [5, 5.41) is 14.0. The summed E-state index contributed by atoms with van der Waals surface area (Å²) < 4.78 is 5.51. The van der Waals surface area contributed by atoms with Crippen LogP contribution in [0.15, 0.2) is 76.9 Å². The lowest BCUT2D eigenvalue weighted by atomic mass is 9.99. The van der Waals surface area contributed by atoms with E-state index in [-0.39, 0.29) is 17.2 Å². The Labute approximate surface area is 182 Å². The monoisotopic (exact) mass is 436 g/mol. The Bertz CT molecular complexity index is 1200. The molecule has 156 valence electrons. The van der Waals surface area contributed by atoms with E-state index in [1.54, 1.807) is 54.6 Å². The first-order chi connectivity index (χ1) is 14.9. The van der Waals surface area contributed by atoms with Gasteiger partial charge in [0.15, 0.2) is 0 Å². The molecular weight excluding hydrogens is 420 g/mol. The fraction of sp³-hybridized carbons (Fsp3) is 0.0870. The summed E-state index contributed by atoms with van der Waals surface area (Å²) in [5.41, 5.74) is 1.15. The summed E-state index contributed by atoms with van der Waals surface area (Å²) in [7, 11) is 0. The average molecular weight is 437 g/mol. The van der Waals surface area contributed by atoms with E-state index in [4.69, 9.17) is 16.0 Å². The molecule has 4 rings (SSSR count). The number of aliphatic hydroxyl groups is 1. The summed E-state index contributed by atoms with van der Waals surface area (Å²) in [5.74, 6) is -1.92. The molecule has 2 N–H and O–H groups in total. The zero-order valence-electron chi connectivity index (χ0n) is 16.3. The molecule has 31 heavy (non-hydrogen) atoms. The van der Waals surface area contributed by atoms with Crippen LogP contribution in [0.1, 0.15) is 24.3 Å². The molecule has 0 spiro atoms. The predicted molar refractivity (Wildman–Crippen MR) is 116 cm³/mol. The first-order valence-corrected chi connectivity index (χ1v) is 9.72. The van der Waals surface area contributed by atoms with Gasteiger partial charge in [0.1, 0.15) is 17.6 Å². The second-order valence-corrected chi connectivity index (χ2v) is 7.36. The molecule has 1 fully saturated rings. The molecule has 1 saturated heterocycles. The van der Waals surface area contributed by atoms with E-state index in [1.807, 2.05) is 0 Å². The van der Waals surface area contributed by atoms with Gasteiger partial charge in [0, 0.05) is 28.9 Å². The largest absolute Gasteiger partial charge is 0.507 e. The Kier molecular flexibility index (Phi) is 5.35. The van der Waals surface area contributed by atoms with Crippen LogP contribution in [0.4, 0.5) is 11.4 Å². The predicted octanol–water partition coefficient (Wildman–Crippen LogP) is 4.52. The Morgan fingerprint density at radius 1 is 1.10 bits per heavy atom. The number of nitrogens with zero attached hydrogens (tertiary/aromatic N) is 1. The summed E-state index contributed by atoms with van der Waals surface area (Å²) >= 11 is 6.03. The highest BCUT2D eigenvalue weighted by atomic mass is 35.5. The van der Waals surface area contributed by atoms with Gasteiger partial charge in [0.05, 0.1) is 11.8 Å². The number of halogens is 1. The Hall–Kier alpha value is -3.84. The minimum absolute atomic E-state index is 0.104. The molecule has 7 nitrogen and oxygen atoms in total. The molecule has 8 heteroatoms. The maximum absolute atomic E-state index is 13.0. The topological polar surface area (TPSA) is 99.9 Å². The van der Waals surface area contributed by atoms with E-state index < -0.39 is 17.7 Å². The number of anilines is 2. The normalized spacial score (nSPS) is 17.7. The zero-order valence-corrected chi connectivity index (χ0v) is 17.1. The van der Waals surface area contributed by atoms with Gasteiger partial charge in [-0.2, -0.15) is 0 Å². The van der Waals surface area contributed by atoms with Crippen LogP contribution in [0.3, 0.4) is 0 Å². The van der Waals surface area contributed by atoms with Gasteiger partial charge in [-0.3, -0.25) is 19.3 Å². The van der Waals surface area contributed by atoms with Crippen LogP contribution < -0.4 is 10.2 Å². The number of benzene rings is 2. The SMILES string of the molecule is CC(=O)Nc1ccc(N2C(=O)C(=O)/C(=C(\O)c3cccc(Cl)c3)C2c2ccco2)cc1. The Morgan fingerprint density at radius 2 is 1.84 bits per heavy atom. The van der Waals surface area contributed by atoms with Gasteiger partial charge in [0.25, 0.3) is 11.7 Å². The fourth-order valence-electron chi connectivity index (χ4n) is 3.51. The summed E-state index contributed by atoms with van der Waals surface area (Å²) in [6.07, 6.45) is 1.43. The van der Waals surface area contributed by atoms with Crippen LogP contribution in [0.2, 0.25) is 5.02 Å². The van der Waals surface area contributed by atoms with Crippen molar-refractivity contribution >= 4 is 46.3 Å². The number of rotatable bonds is 4. The first kappa shape index (κ1) is 20.4. The standard InChI is InChI=1S/C23H17ClN2O5/c1-13(27)25-16-7-9-17(10-8-16)26-20(18-6-3-11-31-18)19(22(29)23(26)30)21(28)14-4-2-5-15(24)12-14/h2-12,20,28H,1H3,(H,25,27)/b21-19-. The number of hydrogen-bond donors (Lipinski definition) is 2. The summed E-state index contributed by atoms with van der Waals surface area (Å²) in [6, 6.07) is 15.1. The number of aliphatic hydroxyl groups excluding tert-OH is 1. The molecule has 0 aliphatic carbocycles. The average Bonchev–Trinajstić information content (AvgIpc) is 3.35. The van der Waals surface area contributed by atoms with Crippen molar-refractivity contribution in [2.75, 3.05) is 10.2 Å². The highest BCUT2D eigenvalue weighted by Gasteiger charge is 2.48. The van der Waals surface area contributed by atoms with Gasteiger partial charge in [-0.05, 0) is 48.5 Å². The van der Waals surface area contributed by atoms with Crippen molar-refractivity contribution in [3.8, 4) is 0 Å². The molecule has 0 bridgehead atoms. The number of ketones is 1. The Morgan fingerprint density at radius 3 is 2.45 bits per heavy atom. The molecule has 1 aliphatic heterocycles. The molecule has 1 aromatic heterocycles. The van der Waals surface area contributed by atoms with Crippen molar-refractivity contribution in [1.29, 1.82) is 0 Å². The minimum Gasteiger partial charge on any atom is -0.507 e. The summed E-state index contributed by atoms with van der Waals surface area (Å²) in [4.78, 5) is 38.5. The van der Waals surface area contributed by atoms with Crippen molar-refractivity contribution in [3.05, 3.63) is 88.8 Å². The molecule has 0 saturated carbocycles. The van der Waals surface area contributed by atoms with Crippen LogP contribution >= 0.6 is 11.6 Å². The Balaban J connectivity index is 1.84. The molecule has 2 aromatic carbocycles. The third-order valence-electron chi connectivity index (χ3n) is 4.82. The van der Waals surface area contributed by atoms with Gasteiger partial charge >= 0.3 is 0 Å². The second kappa shape index (κ2) is 8.12. The fourth-order valence-corrected chi connectivity index (χ4v) is 3.71. The number of furan rings is 1. The van der Waals surface area contributed by atoms with Crippen LogP contribution in [0, 0.1) is 0 Å². The number of carbonyl (C=O) groups is 3. The van der Waals surface area contributed by atoms with Gasteiger partial charge in [-0.1, -0.05) is 23.7 Å². The van der Waals surface area contributed by atoms with Crippen LogP contribution in [-0.2, 0) is 14.4 Å². The van der Waals surface area contributed by atoms with Crippen molar-refractivity contribution < 1.29 is 23.9 Å². The molecule has 1 atom stereocenters. The van der Waals surface area contributed by atoms with Crippen LogP contribution in [0.5, 0.6) is 0 Å². The smallest absolute Gasteiger partial charge is 0.300 e. The highest BCUT2D eigenvalue weighted by Crippen LogP contribution is 2.42.